The highest BCUT2D eigenvalue weighted by atomic mass is 79.9. The summed E-state index contributed by atoms with van der Waals surface area (Å²) in [6.45, 7) is 1.81. The first kappa shape index (κ1) is 13.6. The lowest BCUT2D eigenvalue weighted by atomic mass is 10.1. The highest BCUT2D eigenvalue weighted by Crippen LogP contribution is 2.36. The Labute approximate surface area is 120 Å². The van der Waals surface area contributed by atoms with Crippen molar-refractivity contribution in [3.63, 3.8) is 0 Å². The number of phenols is 1. The molecule has 0 atom stereocenters. The van der Waals surface area contributed by atoms with Crippen LogP contribution in [0.25, 0.3) is 0 Å². The Hall–Kier alpha value is -1.81. The van der Waals surface area contributed by atoms with Crippen molar-refractivity contribution in [2.75, 3.05) is 0 Å². The highest BCUT2D eigenvalue weighted by Gasteiger charge is 2.14. The lowest BCUT2D eigenvalue weighted by molar-refractivity contribution is 0.101. The van der Waals surface area contributed by atoms with E-state index in [2.05, 4.69) is 15.9 Å². The number of ether oxygens (including phenoxy) is 1. The normalized spacial score (nSPS) is 10.2. The molecule has 0 spiro atoms. The maximum Gasteiger partial charge on any atom is 0.163 e. The largest absolute Gasteiger partial charge is 0.506 e. The van der Waals surface area contributed by atoms with Gasteiger partial charge in [-0.3, -0.25) is 4.79 Å². The van der Waals surface area contributed by atoms with Crippen LogP contribution in [0.4, 0.5) is 0 Å². The zero-order chi connectivity index (χ0) is 13.8. The Balaban J connectivity index is 2.18. The molecule has 0 unspecified atom stereocenters. The first-order chi connectivity index (χ1) is 9.09. The van der Waals surface area contributed by atoms with Crippen molar-refractivity contribution >= 4 is 21.7 Å². The maximum absolute atomic E-state index is 11.3. The molecule has 0 saturated carbocycles. The smallest absolute Gasteiger partial charge is 0.163 e. The second-order valence-corrected chi connectivity index (χ2v) is 4.90. The maximum atomic E-state index is 11.3. The van der Waals surface area contributed by atoms with E-state index in [0.29, 0.717) is 16.8 Å². The van der Waals surface area contributed by atoms with Gasteiger partial charge in [-0.15, -0.1) is 0 Å². The molecule has 3 nitrogen and oxygen atoms in total. The first-order valence-electron chi connectivity index (χ1n) is 5.78. The van der Waals surface area contributed by atoms with Crippen molar-refractivity contribution in [3.05, 3.63) is 58.1 Å². The Morgan fingerprint density at radius 3 is 2.53 bits per heavy atom. The highest BCUT2D eigenvalue weighted by molar-refractivity contribution is 9.10. The molecule has 1 N–H and O–H groups in total. The predicted molar refractivity (Wildman–Crippen MR) is 76.6 cm³/mol. The fourth-order valence-electron chi connectivity index (χ4n) is 1.68. The number of Topliss-reactive ketones (excluding diaryl/α,β-unsaturated/α-hetero) is 1. The topological polar surface area (TPSA) is 46.5 Å². The number of phenolic OH excluding ortho intramolecular Hbond substituents is 1. The quantitative estimate of drug-likeness (QED) is 0.868. The Morgan fingerprint density at radius 1 is 1.21 bits per heavy atom. The zero-order valence-corrected chi connectivity index (χ0v) is 12.0. The molecule has 0 heterocycles. The summed E-state index contributed by atoms with van der Waals surface area (Å²) in [5, 5.41) is 9.90. The molecule has 0 aliphatic rings. The van der Waals surface area contributed by atoms with Gasteiger partial charge in [0.1, 0.15) is 22.6 Å². The molecule has 4 heteroatoms. The summed E-state index contributed by atoms with van der Waals surface area (Å²) in [5.74, 6) is 0.234. The van der Waals surface area contributed by atoms with Crippen LogP contribution in [0.15, 0.2) is 46.9 Å². The van der Waals surface area contributed by atoms with Crippen molar-refractivity contribution in [2.45, 2.75) is 13.5 Å². The summed E-state index contributed by atoms with van der Waals surface area (Å²) >= 11 is 3.25. The third kappa shape index (κ3) is 3.15. The summed E-state index contributed by atoms with van der Waals surface area (Å²) in [5.41, 5.74) is 1.31. The van der Waals surface area contributed by atoms with Gasteiger partial charge in [-0.1, -0.05) is 30.3 Å². The summed E-state index contributed by atoms with van der Waals surface area (Å²) in [6.07, 6.45) is 0. The van der Waals surface area contributed by atoms with E-state index >= 15 is 0 Å². The molecule has 2 aromatic rings. The molecule has 0 aliphatic carbocycles. The van der Waals surface area contributed by atoms with Crippen LogP contribution in [0.1, 0.15) is 22.8 Å². The van der Waals surface area contributed by atoms with E-state index in [0.717, 1.165) is 5.56 Å². The molecular formula is C15H13BrO3. The number of aromatic hydroxyl groups is 1. The fraction of sp³-hybridized carbons (Fsp3) is 0.133. The third-order valence-electron chi connectivity index (χ3n) is 2.70. The van der Waals surface area contributed by atoms with Gasteiger partial charge in [0.25, 0.3) is 0 Å². The fourth-order valence-corrected chi connectivity index (χ4v) is 2.14. The Bertz CT molecular complexity index is 594. The minimum atomic E-state index is -0.187. The molecule has 0 amide bonds. The van der Waals surface area contributed by atoms with Gasteiger partial charge in [0.05, 0.1) is 5.56 Å². The van der Waals surface area contributed by atoms with Crippen LogP contribution in [0, 0.1) is 0 Å². The van der Waals surface area contributed by atoms with Gasteiger partial charge in [0, 0.05) is 0 Å². The van der Waals surface area contributed by atoms with Crippen LogP contribution in [0.3, 0.4) is 0 Å². The molecule has 98 valence electrons. The number of benzene rings is 2. The van der Waals surface area contributed by atoms with E-state index < -0.39 is 0 Å². The third-order valence-corrected chi connectivity index (χ3v) is 3.46. The number of rotatable bonds is 4. The standard InChI is InChI=1S/C15H13BrO3/c1-10(17)12-7-8-13(14(16)15(12)18)19-9-11-5-3-2-4-6-11/h2-8,18H,9H2,1H3. The monoisotopic (exact) mass is 320 g/mol. The predicted octanol–water partition coefficient (Wildman–Crippen LogP) is 3.94. The van der Waals surface area contributed by atoms with Crippen molar-refractivity contribution in [1.29, 1.82) is 0 Å². The summed E-state index contributed by atoms with van der Waals surface area (Å²) < 4.78 is 6.02. The van der Waals surface area contributed by atoms with Crippen LogP contribution in [-0.2, 0) is 6.61 Å². The molecular weight excluding hydrogens is 308 g/mol. The molecule has 0 aliphatic heterocycles. The summed E-state index contributed by atoms with van der Waals surface area (Å²) in [7, 11) is 0. The summed E-state index contributed by atoms with van der Waals surface area (Å²) in [4.78, 5) is 11.3. The minimum absolute atomic E-state index is 0.0851. The van der Waals surface area contributed by atoms with Gasteiger partial charge < -0.3 is 9.84 Å². The van der Waals surface area contributed by atoms with Crippen LogP contribution >= 0.6 is 15.9 Å². The number of hydrogen-bond donors (Lipinski definition) is 1. The van der Waals surface area contributed by atoms with Gasteiger partial charge in [0.15, 0.2) is 5.78 Å². The second-order valence-electron chi connectivity index (χ2n) is 4.10. The van der Waals surface area contributed by atoms with E-state index in [1.54, 1.807) is 12.1 Å². The van der Waals surface area contributed by atoms with Gasteiger partial charge in [-0.05, 0) is 40.5 Å². The number of carbonyl (C=O) groups excluding carboxylic acids is 1. The van der Waals surface area contributed by atoms with Crippen molar-refractivity contribution in [3.8, 4) is 11.5 Å². The lowest BCUT2D eigenvalue weighted by Gasteiger charge is -2.11. The van der Waals surface area contributed by atoms with E-state index in [1.165, 1.54) is 6.92 Å². The SMILES string of the molecule is CC(=O)c1ccc(OCc2ccccc2)c(Br)c1O. The van der Waals surface area contributed by atoms with Crippen LogP contribution in [0.2, 0.25) is 0 Å². The molecule has 0 fully saturated rings. The second kappa shape index (κ2) is 5.89. The van der Waals surface area contributed by atoms with Crippen molar-refractivity contribution in [2.24, 2.45) is 0 Å². The molecule has 0 saturated heterocycles. The number of ketones is 1. The van der Waals surface area contributed by atoms with Gasteiger partial charge in [0.2, 0.25) is 0 Å². The number of halogens is 1. The van der Waals surface area contributed by atoms with Crippen LogP contribution in [0.5, 0.6) is 11.5 Å². The zero-order valence-electron chi connectivity index (χ0n) is 10.4. The molecule has 0 radical (unpaired) electrons. The average Bonchev–Trinajstić information content (AvgIpc) is 2.41. The van der Waals surface area contributed by atoms with Gasteiger partial charge >= 0.3 is 0 Å². The molecule has 19 heavy (non-hydrogen) atoms. The van der Waals surface area contributed by atoms with Crippen molar-refractivity contribution < 1.29 is 14.6 Å². The molecule has 0 bridgehead atoms. The van der Waals surface area contributed by atoms with E-state index in [4.69, 9.17) is 4.74 Å². The average molecular weight is 321 g/mol. The Morgan fingerprint density at radius 2 is 1.89 bits per heavy atom. The van der Waals surface area contributed by atoms with E-state index in [-0.39, 0.29) is 17.1 Å². The molecule has 2 rings (SSSR count). The number of carbonyl (C=O) groups is 1. The van der Waals surface area contributed by atoms with Crippen molar-refractivity contribution in [1.82, 2.24) is 0 Å². The van der Waals surface area contributed by atoms with E-state index in [9.17, 15) is 9.90 Å². The molecule has 0 aromatic heterocycles. The van der Waals surface area contributed by atoms with Crippen LogP contribution < -0.4 is 4.74 Å². The van der Waals surface area contributed by atoms with E-state index in [1.807, 2.05) is 30.3 Å². The first-order valence-corrected chi connectivity index (χ1v) is 6.58. The Kier molecular flexibility index (Phi) is 4.22. The van der Waals surface area contributed by atoms with Gasteiger partial charge in [-0.25, -0.2) is 0 Å². The lowest BCUT2D eigenvalue weighted by Crippen LogP contribution is -1.98. The number of hydrogen-bond acceptors (Lipinski definition) is 3. The minimum Gasteiger partial charge on any atom is -0.506 e. The van der Waals surface area contributed by atoms with Crippen LogP contribution in [-0.4, -0.2) is 10.9 Å². The molecule has 2 aromatic carbocycles. The van der Waals surface area contributed by atoms with Gasteiger partial charge in [-0.2, -0.15) is 0 Å². The summed E-state index contributed by atoms with van der Waals surface area (Å²) in [6, 6.07) is 12.9.